The number of aromatic nitrogens is 1. The topological polar surface area (TPSA) is 72.5 Å². The van der Waals surface area contributed by atoms with Crippen molar-refractivity contribution in [3.05, 3.63) is 57.5 Å². The van der Waals surface area contributed by atoms with Gasteiger partial charge in [0, 0.05) is 16.5 Å². The van der Waals surface area contributed by atoms with Crippen LogP contribution < -0.4 is 20.1 Å². The van der Waals surface area contributed by atoms with Gasteiger partial charge < -0.3 is 20.1 Å². The molecular weight excluding hydrogens is 409 g/mol. The maximum atomic E-state index is 12.4. The molecule has 0 atom stereocenters. The van der Waals surface area contributed by atoms with Gasteiger partial charge in [0.15, 0.2) is 5.13 Å². The quantitative estimate of drug-likeness (QED) is 0.550. The highest BCUT2D eigenvalue weighted by atomic mass is 35.5. The number of hydrogen-bond acceptors (Lipinski definition) is 6. The Labute approximate surface area is 170 Å². The summed E-state index contributed by atoms with van der Waals surface area (Å²) in [5.41, 5.74) is 1.44. The van der Waals surface area contributed by atoms with E-state index < -0.39 is 0 Å². The van der Waals surface area contributed by atoms with E-state index in [0.717, 1.165) is 0 Å². The Morgan fingerprint density at radius 3 is 2.56 bits per heavy atom. The van der Waals surface area contributed by atoms with Crippen molar-refractivity contribution in [3.8, 4) is 11.5 Å². The van der Waals surface area contributed by atoms with Crippen LogP contribution in [0.25, 0.3) is 0 Å². The predicted molar refractivity (Wildman–Crippen MR) is 109 cm³/mol. The average molecular weight is 424 g/mol. The largest absolute Gasteiger partial charge is 0.497 e. The van der Waals surface area contributed by atoms with Gasteiger partial charge in [0.05, 0.1) is 30.6 Å². The van der Waals surface area contributed by atoms with E-state index in [1.807, 2.05) is 6.07 Å². The lowest BCUT2D eigenvalue weighted by molar-refractivity contribution is 0.102. The number of thiazole rings is 1. The first-order valence-corrected chi connectivity index (χ1v) is 9.34. The van der Waals surface area contributed by atoms with Crippen LogP contribution in [-0.2, 0) is 0 Å². The molecule has 6 nitrogen and oxygen atoms in total. The predicted octanol–water partition coefficient (Wildman–Crippen LogP) is 5.46. The SMILES string of the molecule is COc1ccc(Nc2nc(C(=O)Nc3ccc(Cl)cc3Cl)cs2)c(OC)c1. The van der Waals surface area contributed by atoms with Crippen LogP contribution in [0.5, 0.6) is 11.5 Å². The van der Waals surface area contributed by atoms with Gasteiger partial charge in [-0.25, -0.2) is 4.98 Å². The average Bonchev–Trinajstić information content (AvgIpc) is 3.13. The van der Waals surface area contributed by atoms with Crippen LogP contribution in [0.4, 0.5) is 16.5 Å². The minimum atomic E-state index is -0.370. The molecule has 3 aromatic rings. The lowest BCUT2D eigenvalue weighted by atomic mass is 10.3. The van der Waals surface area contributed by atoms with Crippen molar-refractivity contribution in [3.63, 3.8) is 0 Å². The molecule has 2 N–H and O–H groups in total. The standard InChI is InChI=1S/C18H15Cl2N3O3S/c1-25-11-4-6-14(16(8-11)26-2)22-18-23-15(9-27-18)17(24)21-13-5-3-10(19)7-12(13)20/h3-9H,1-2H3,(H,21,24)(H,22,23). The Balaban J connectivity index is 1.74. The third kappa shape index (κ3) is 4.63. The summed E-state index contributed by atoms with van der Waals surface area (Å²) >= 11 is 13.2. The Hall–Kier alpha value is -2.48. The molecular formula is C18H15Cl2N3O3S. The molecule has 0 aliphatic rings. The minimum absolute atomic E-state index is 0.265. The number of methoxy groups -OCH3 is 2. The first-order chi connectivity index (χ1) is 13.0. The van der Waals surface area contributed by atoms with Gasteiger partial charge in [0.25, 0.3) is 5.91 Å². The fourth-order valence-electron chi connectivity index (χ4n) is 2.23. The van der Waals surface area contributed by atoms with Crippen molar-refractivity contribution in [2.45, 2.75) is 0 Å². The number of hydrogen-bond donors (Lipinski definition) is 2. The number of carbonyl (C=O) groups excluding carboxylic acids is 1. The molecule has 3 rings (SSSR count). The van der Waals surface area contributed by atoms with Crippen molar-refractivity contribution in [1.82, 2.24) is 4.98 Å². The van der Waals surface area contributed by atoms with E-state index in [0.29, 0.717) is 38.1 Å². The number of benzene rings is 2. The van der Waals surface area contributed by atoms with Gasteiger partial charge in [0.2, 0.25) is 0 Å². The van der Waals surface area contributed by atoms with Crippen LogP contribution >= 0.6 is 34.5 Å². The number of carbonyl (C=O) groups is 1. The smallest absolute Gasteiger partial charge is 0.275 e. The lowest BCUT2D eigenvalue weighted by Gasteiger charge is -2.10. The summed E-state index contributed by atoms with van der Waals surface area (Å²) in [5, 5.41) is 8.89. The second-order valence-electron chi connectivity index (χ2n) is 5.31. The molecule has 0 spiro atoms. The third-order valence-electron chi connectivity index (χ3n) is 3.57. The van der Waals surface area contributed by atoms with Crippen LogP contribution in [-0.4, -0.2) is 25.1 Å². The zero-order valence-electron chi connectivity index (χ0n) is 14.4. The van der Waals surface area contributed by atoms with Gasteiger partial charge in [0.1, 0.15) is 17.2 Å². The summed E-state index contributed by atoms with van der Waals surface area (Å²) in [6.07, 6.45) is 0. The number of nitrogens with zero attached hydrogens (tertiary/aromatic N) is 1. The second-order valence-corrected chi connectivity index (χ2v) is 7.01. The Kier molecular flexibility index (Phi) is 6.05. The zero-order valence-corrected chi connectivity index (χ0v) is 16.7. The maximum absolute atomic E-state index is 12.4. The number of rotatable bonds is 6. The molecule has 1 amide bonds. The van der Waals surface area contributed by atoms with Crippen molar-refractivity contribution in [2.75, 3.05) is 24.9 Å². The molecule has 27 heavy (non-hydrogen) atoms. The first kappa shape index (κ1) is 19.3. The molecule has 0 saturated heterocycles. The van der Waals surface area contributed by atoms with Gasteiger partial charge >= 0.3 is 0 Å². The molecule has 140 valence electrons. The van der Waals surface area contributed by atoms with Crippen LogP contribution in [0.1, 0.15) is 10.5 Å². The maximum Gasteiger partial charge on any atom is 0.275 e. The number of nitrogens with one attached hydrogen (secondary N) is 2. The minimum Gasteiger partial charge on any atom is -0.497 e. The van der Waals surface area contributed by atoms with Gasteiger partial charge in [-0.05, 0) is 30.3 Å². The van der Waals surface area contributed by atoms with E-state index in [-0.39, 0.29) is 11.6 Å². The molecule has 1 heterocycles. The zero-order chi connectivity index (χ0) is 19.4. The Morgan fingerprint density at radius 1 is 1.07 bits per heavy atom. The van der Waals surface area contributed by atoms with Crippen LogP contribution in [0.3, 0.4) is 0 Å². The fourth-order valence-corrected chi connectivity index (χ4v) is 3.39. The number of ether oxygens (including phenoxy) is 2. The van der Waals surface area contributed by atoms with Gasteiger partial charge in [-0.1, -0.05) is 23.2 Å². The summed E-state index contributed by atoms with van der Waals surface area (Å²) in [6.45, 7) is 0. The second kappa shape index (κ2) is 8.47. The summed E-state index contributed by atoms with van der Waals surface area (Å²) < 4.78 is 10.5. The van der Waals surface area contributed by atoms with E-state index >= 15 is 0 Å². The molecule has 0 fully saturated rings. The van der Waals surface area contributed by atoms with Gasteiger partial charge in [-0.15, -0.1) is 11.3 Å². The molecule has 2 aromatic carbocycles. The van der Waals surface area contributed by atoms with E-state index in [2.05, 4.69) is 15.6 Å². The van der Waals surface area contributed by atoms with Crippen molar-refractivity contribution >= 4 is 57.0 Å². The van der Waals surface area contributed by atoms with E-state index in [4.69, 9.17) is 32.7 Å². The fraction of sp³-hybridized carbons (Fsp3) is 0.111. The Morgan fingerprint density at radius 2 is 1.85 bits per heavy atom. The van der Waals surface area contributed by atoms with Gasteiger partial charge in [-0.2, -0.15) is 0 Å². The highest BCUT2D eigenvalue weighted by molar-refractivity contribution is 7.14. The van der Waals surface area contributed by atoms with Crippen molar-refractivity contribution in [1.29, 1.82) is 0 Å². The highest BCUT2D eigenvalue weighted by Crippen LogP contribution is 2.32. The number of halogens is 2. The summed E-state index contributed by atoms with van der Waals surface area (Å²) in [6, 6.07) is 10.2. The monoisotopic (exact) mass is 423 g/mol. The molecule has 1 aromatic heterocycles. The molecule has 0 saturated carbocycles. The van der Waals surface area contributed by atoms with Crippen LogP contribution in [0.15, 0.2) is 41.8 Å². The normalized spacial score (nSPS) is 10.4. The summed E-state index contributed by atoms with van der Waals surface area (Å²) in [7, 11) is 3.15. The molecule has 0 aliphatic carbocycles. The molecule has 0 bridgehead atoms. The summed E-state index contributed by atoms with van der Waals surface area (Å²) in [5.74, 6) is 0.908. The molecule has 0 radical (unpaired) electrons. The van der Waals surface area contributed by atoms with E-state index in [1.54, 1.807) is 49.9 Å². The van der Waals surface area contributed by atoms with Crippen molar-refractivity contribution < 1.29 is 14.3 Å². The number of anilines is 3. The molecule has 9 heteroatoms. The van der Waals surface area contributed by atoms with Gasteiger partial charge in [-0.3, -0.25) is 4.79 Å². The lowest BCUT2D eigenvalue weighted by Crippen LogP contribution is -2.12. The third-order valence-corrected chi connectivity index (χ3v) is 4.87. The first-order valence-electron chi connectivity index (χ1n) is 7.71. The molecule has 0 aliphatic heterocycles. The highest BCUT2D eigenvalue weighted by Gasteiger charge is 2.14. The van der Waals surface area contributed by atoms with Crippen molar-refractivity contribution in [2.24, 2.45) is 0 Å². The van der Waals surface area contributed by atoms with Crippen LogP contribution in [0, 0.1) is 0 Å². The van der Waals surface area contributed by atoms with E-state index in [1.165, 1.54) is 11.3 Å². The summed E-state index contributed by atoms with van der Waals surface area (Å²) in [4.78, 5) is 16.7. The van der Waals surface area contributed by atoms with E-state index in [9.17, 15) is 4.79 Å². The Bertz CT molecular complexity index is 978. The van der Waals surface area contributed by atoms with Crippen LogP contribution in [0.2, 0.25) is 10.0 Å². The number of amides is 1. The molecule has 0 unspecified atom stereocenters.